The fourth-order valence-electron chi connectivity index (χ4n) is 3.87. The molecule has 0 heterocycles. The van der Waals surface area contributed by atoms with Crippen LogP contribution in [-0.4, -0.2) is 28.8 Å². The fourth-order valence-corrected chi connectivity index (χ4v) is 3.87. The van der Waals surface area contributed by atoms with E-state index in [-0.39, 0.29) is 24.3 Å². The molecule has 4 heteroatoms. The quantitative estimate of drug-likeness (QED) is 0.475. The lowest BCUT2D eigenvalue weighted by Gasteiger charge is -2.32. The van der Waals surface area contributed by atoms with Crippen LogP contribution in [0.15, 0.2) is 84.9 Å². The second-order valence-electron chi connectivity index (χ2n) is 8.70. The van der Waals surface area contributed by atoms with E-state index in [1.807, 2.05) is 99.6 Å². The first-order valence-electron chi connectivity index (χ1n) is 11.7. The van der Waals surface area contributed by atoms with Crippen LogP contribution in [0.3, 0.4) is 0 Å². The fraction of sp³-hybridized carbons (Fsp3) is 0.310. The summed E-state index contributed by atoms with van der Waals surface area (Å²) in [5.41, 5.74) is 4.12. The predicted octanol–water partition coefficient (Wildman–Crippen LogP) is 5.09. The van der Waals surface area contributed by atoms with Crippen LogP contribution in [0.25, 0.3) is 0 Å². The number of hydrogen-bond donors (Lipinski definition) is 1. The molecule has 4 nitrogen and oxygen atoms in total. The largest absolute Gasteiger partial charge is 0.352 e. The standard InChI is InChI=1S/C29H34N2O2/c1-4-23(3)30-29(33)27(19-24-13-7-5-8-14-24)31(21-26-17-11-12-22(2)18-26)28(32)20-25-15-9-6-10-16-25/h5-18,23,27H,4,19-21H2,1-3H3,(H,30,33). The zero-order valence-electron chi connectivity index (χ0n) is 19.8. The molecule has 172 valence electrons. The third-order valence-corrected chi connectivity index (χ3v) is 5.91. The van der Waals surface area contributed by atoms with Crippen molar-refractivity contribution in [2.45, 2.75) is 58.7 Å². The van der Waals surface area contributed by atoms with Gasteiger partial charge in [-0.15, -0.1) is 0 Å². The molecule has 0 fully saturated rings. The summed E-state index contributed by atoms with van der Waals surface area (Å²) in [6.45, 7) is 6.46. The lowest BCUT2D eigenvalue weighted by molar-refractivity contribution is -0.141. The number of carbonyl (C=O) groups excluding carboxylic acids is 2. The van der Waals surface area contributed by atoms with Crippen molar-refractivity contribution < 1.29 is 9.59 Å². The second kappa shape index (κ2) is 12.0. The topological polar surface area (TPSA) is 49.4 Å². The monoisotopic (exact) mass is 442 g/mol. The van der Waals surface area contributed by atoms with Crippen LogP contribution in [0.4, 0.5) is 0 Å². The van der Waals surface area contributed by atoms with E-state index >= 15 is 0 Å². The molecule has 3 aromatic carbocycles. The minimum absolute atomic E-state index is 0.0424. The van der Waals surface area contributed by atoms with Gasteiger partial charge in [-0.25, -0.2) is 0 Å². The van der Waals surface area contributed by atoms with Gasteiger partial charge in [0.15, 0.2) is 0 Å². The number of rotatable bonds is 10. The van der Waals surface area contributed by atoms with E-state index in [0.717, 1.165) is 28.7 Å². The van der Waals surface area contributed by atoms with Crippen molar-refractivity contribution in [2.75, 3.05) is 0 Å². The van der Waals surface area contributed by atoms with E-state index in [2.05, 4.69) is 11.4 Å². The van der Waals surface area contributed by atoms with Crippen molar-refractivity contribution in [3.63, 3.8) is 0 Å². The number of aryl methyl sites for hydroxylation is 1. The molecule has 1 N–H and O–H groups in total. The lowest BCUT2D eigenvalue weighted by atomic mass is 10.0. The van der Waals surface area contributed by atoms with E-state index in [4.69, 9.17) is 0 Å². The van der Waals surface area contributed by atoms with Crippen LogP contribution in [0.5, 0.6) is 0 Å². The zero-order chi connectivity index (χ0) is 23.6. The van der Waals surface area contributed by atoms with E-state index < -0.39 is 6.04 Å². The van der Waals surface area contributed by atoms with Crippen molar-refractivity contribution >= 4 is 11.8 Å². The average Bonchev–Trinajstić information content (AvgIpc) is 2.82. The summed E-state index contributed by atoms with van der Waals surface area (Å²) >= 11 is 0. The minimum Gasteiger partial charge on any atom is -0.352 e. The van der Waals surface area contributed by atoms with Crippen molar-refractivity contribution in [1.82, 2.24) is 10.2 Å². The van der Waals surface area contributed by atoms with Crippen LogP contribution in [0.2, 0.25) is 0 Å². The van der Waals surface area contributed by atoms with Crippen LogP contribution in [0.1, 0.15) is 42.5 Å². The second-order valence-corrected chi connectivity index (χ2v) is 8.70. The first-order valence-corrected chi connectivity index (χ1v) is 11.7. The van der Waals surface area contributed by atoms with Crippen LogP contribution >= 0.6 is 0 Å². The van der Waals surface area contributed by atoms with Gasteiger partial charge in [-0.1, -0.05) is 97.4 Å². The molecule has 3 rings (SSSR count). The normalized spacial score (nSPS) is 12.6. The first kappa shape index (κ1) is 24.2. The van der Waals surface area contributed by atoms with Gasteiger partial charge >= 0.3 is 0 Å². The molecule has 0 aliphatic rings. The molecule has 0 saturated heterocycles. The maximum atomic E-state index is 13.6. The Morgan fingerprint density at radius 1 is 0.848 bits per heavy atom. The summed E-state index contributed by atoms with van der Waals surface area (Å²) in [6, 6.07) is 27.2. The molecule has 0 aromatic heterocycles. The van der Waals surface area contributed by atoms with Gasteiger partial charge in [-0.3, -0.25) is 9.59 Å². The van der Waals surface area contributed by atoms with Gasteiger partial charge < -0.3 is 10.2 Å². The zero-order valence-corrected chi connectivity index (χ0v) is 19.8. The van der Waals surface area contributed by atoms with Crippen LogP contribution < -0.4 is 5.32 Å². The highest BCUT2D eigenvalue weighted by molar-refractivity contribution is 5.89. The average molecular weight is 443 g/mol. The number of benzene rings is 3. The Bertz CT molecular complexity index is 1030. The maximum Gasteiger partial charge on any atom is 0.243 e. The number of nitrogens with one attached hydrogen (secondary N) is 1. The molecular weight excluding hydrogens is 408 g/mol. The van der Waals surface area contributed by atoms with Gasteiger partial charge in [-0.2, -0.15) is 0 Å². The Morgan fingerprint density at radius 2 is 1.45 bits per heavy atom. The smallest absolute Gasteiger partial charge is 0.243 e. The summed E-state index contributed by atoms with van der Waals surface area (Å²) in [5, 5.41) is 3.11. The van der Waals surface area contributed by atoms with Gasteiger partial charge in [0.2, 0.25) is 11.8 Å². The highest BCUT2D eigenvalue weighted by Crippen LogP contribution is 2.17. The Morgan fingerprint density at radius 3 is 2.06 bits per heavy atom. The highest BCUT2D eigenvalue weighted by atomic mass is 16.2. The minimum atomic E-state index is -0.599. The Kier molecular flexibility index (Phi) is 8.82. The number of nitrogens with zero attached hydrogens (tertiary/aromatic N) is 1. The van der Waals surface area contributed by atoms with Gasteiger partial charge in [-0.05, 0) is 37.0 Å². The molecule has 0 saturated carbocycles. The molecule has 33 heavy (non-hydrogen) atoms. The third kappa shape index (κ3) is 7.31. The van der Waals surface area contributed by atoms with Crippen molar-refractivity contribution in [2.24, 2.45) is 0 Å². The van der Waals surface area contributed by atoms with E-state index in [1.54, 1.807) is 4.90 Å². The Hall–Kier alpha value is -3.40. The molecule has 2 amide bonds. The SMILES string of the molecule is CCC(C)NC(=O)C(Cc1ccccc1)N(Cc1cccc(C)c1)C(=O)Cc1ccccc1. The van der Waals surface area contributed by atoms with Crippen LogP contribution in [-0.2, 0) is 29.0 Å². The molecule has 3 aromatic rings. The molecule has 0 bridgehead atoms. The lowest BCUT2D eigenvalue weighted by Crippen LogP contribution is -2.52. The maximum absolute atomic E-state index is 13.6. The highest BCUT2D eigenvalue weighted by Gasteiger charge is 2.31. The predicted molar refractivity (Wildman–Crippen MR) is 134 cm³/mol. The molecule has 0 aliphatic carbocycles. The van der Waals surface area contributed by atoms with Gasteiger partial charge in [0.1, 0.15) is 6.04 Å². The van der Waals surface area contributed by atoms with Gasteiger partial charge in [0.05, 0.1) is 6.42 Å². The van der Waals surface area contributed by atoms with Crippen molar-refractivity contribution in [1.29, 1.82) is 0 Å². The Balaban J connectivity index is 1.96. The summed E-state index contributed by atoms with van der Waals surface area (Å²) in [6.07, 6.45) is 1.56. The molecule has 0 spiro atoms. The first-order chi connectivity index (χ1) is 16.0. The van der Waals surface area contributed by atoms with E-state index in [0.29, 0.717) is 13.0 Å². The molecule has 2 unspecified atom stereocenters. The van der Waals surface area contributed by atoms with Gasteiger partial charge in [0, 0.05) is 19.0 Å². The van der Waals surface area contributed by atoms with Crippen LogP contribution in [0, 0.1) is 6.92 Å². The number of amides is 2. The molecular formula is C29H34N2O2. The summed E-state index contributed by atoms with van der Waals surface area (Å²) in [7, 11) is 0. The van der Waals surface area contributed by atoms with E-state index in [1.165, 1.54) is 0 Å². The summed E-state index contributed by atoms with van der Waals surface area (Å²) in [4.78, 5) is 28.9. The molecule has 0 aliphatic heterocycles. The molecule has 0 radical (unpaired) electrons. The summed E-state index contributed by atoms with van der Waals surface area (Å²) in [5.74, 6) is -0.162. The third-order valence-electron chi connectivity index (χ3n) is 5.91. The number of hydrogen-bond acceptors (Lipinski definition) is 2. The van der Waals surface area contributed by atoms with Crippen molar-refractivity contribution in [3.8, 4) is 0 Å². The van der Waals surface area contributed by atoms with E-state index in [9.17, 15) is 9.59 Å². The van der Waals surface area contributed by atoms with Gasteiger partial charge in [0.25, 0.3) is 0 Å². The summed E-state index contributed by atoms with van der Waals surface area (Å²) < 4.78 is 0. The Labute approximate surface area is 197 Å². The number of carbonyl (C=O) groups is 2. The molecule has 2 atom stereocenters. The van der Waals surface area contributed by atoms with Crippen molar-refractivity contribution in [3.05, 3.63) is 107 Å².